The van der Waals surface area contributed by atoms with Crippen molar-refractivity contribution in [3.05, 3.63) is 29.6 Å². The van der Waals surface area contributed by atoms with E-state index >= 15 is 0 Å². The summed E-state index contributed by atoms with van der Waals surface area (Å²) in [7, 11) is 0. The predicted octanol–water partition coefficient (Wildman–Crippen LogP) is 3.47. The van der Waals surface area contributed by atoms with E-state index in [1.165, 1.54) is 4.90 Å². The number of nitrogens with one attached hydrogen (secondary N) is 1. The van der Waals surface area contributed by atoms with Crippen LogP contribution in [0.1, 0.15) is 31.2 Å². The maximum atomic E-state index is 13.9. The highest BCUT2D eigenvalue weighted by Crippen LogP contribution is 2.34. The Balaban J connectivity index is 1.22. The van der Waals surface area contributed by atoms with E-state index in [0.717, 1.165) is 12.1 Å². The zero-order chi connectivity index (χ0) is 21.5. The summed E-state index contributed by atoms with van der Waals surface area (Å²) < 4.78 is 67.6. The highest BCUT2D eigenvalue weighted by atomic mass is 19.4. The number of alkyl halides is 3. The molecule has 0 unspecified atom stereocenters. The number of nitrogens with zero attached hydrogens (tertiary/aromatic N) is 1. The normalized spacial score (nSPS) is 25.3. The number of rotatable bonds is 3. The van der Waals surface area contributed by atoms with Gasteiger partial charge in [-0.15, -0.1) is 0 Å². The molecule has 0 radical (unpaired) electrons. The smallest absolute Gasteiger partial charge is 0.416 e. The van der Waals surface area contributed by atoms with Gasteiger partial charge in [-0.1, -0.05) is 0 Å². The minimum atomic E-state index is -4.62. The molecule has 2 saturated heterocycles. The molecule has 1 N–H and O–H groups in total. The van der Waals surface area contributed by atoms with Gasteiger partial charge in [0.1, 0.15) is 18.2 Å². The van der Waals surface area contributed by atoms with Crippen LogP contribution >= 0.6 is 0 Å². The Morgan fingerprint density at radius 3 is 2.40 bits per heavy atom. The number of alkyl carbamates (subject to hydrolysis) is 1. The number of carbonyl (C=O) groups is 2. The number of amides is 2. The molecule has 30 heavy (non-hydrogen) atoms. The van der Waals surface area contributed by atoms with Crippen LogP contribution in [0.3, 0.4) is 0 Å². The van der Waals surface area contributed by atoms with Crippen LogP contribution in [0.4, 0.5) is 27.2 Å². The van der Waals surface area contributed by atoms with Crippen molar-refractivity contribution in [1.82, 2.24) is 10.2 Å². The van der Waals surface area contributed by atoms with Crippen LogP contribution in [0.15, 0.2) is 18.2 Å². The number of ether oxygens (including phenoxy) is 3. The Bertz CT molecular complexity index is 833. The molecule has 164 valence electrons. The standard InChI is InChI=1S/C19H20F4N2O5/c20-14-7-11(19(21,22)23)1-6-15(14)29-12-2-4-13(5-3-12)30-17(27)25-8-18(9-25)10-28-16(26)24-18/h1,6-7,12-13H,2-5,8-10H2,(H,24,26)/t12-,13+. The van der Waals surface area contributed by atoms with E-state index in [1.54, 1.807) is 0 Å². The summed E-state index contributed by atoms with van der Waals surface area (Å²) in [4.78, 5) is 24.8. The summed E-state index contributed by atoms with van der Waals surface area (Å²) in [6.07, 6.45) is -4.32. The number of halogens is 4. The van der Waals surface area contributed by atoms with Crippen LogP contribution in [0.2, 0.25) is 0 Å². The van der Waals surface area contributed by atoms with E-state index in [4.69, 9.17) is 14.2 Å². The Labute approximate surface area is 169 Å². The van der Waals surface area contributed by atoms with E-state index < -0.39 is 35.3 Å². The van der Waals surface area contributed by atoms with Crippen molar-refractivity contribution in [2.75, 3.05) is 19.7 Å². The average Bonchev–Trinajstić information content (AvgIpc) is 3.05. The van der Waals surface area contributed by atoms with Crippen LogP contribution in [-0.2, 0) is 15.7 Å². The van der Waals surface area contributed by atoms with E-state index in [0.29, 0.717) is 44.8 Å². The van der Waals surface area contributed by atoms with Crippen LogP contribution in [0.5, 0.6) is 5.75 Å². The molecule has 1 saturated carbocycles. The van der Waals surface area contributed by atoms with Crippen molar-refractivity contribution in [2.45, 2.75) is 49.6 Å². The molecule has 4 rings (SSSR count). The van der Waals surface area contributed by atoms with Crippen molar-refractivity contribution < 1.29 is 41.4 Å². The van der Waals surface area contributed by atoms with E-state index in [2.05, 4.69) is 5.32 Å². The Kier molecular flexibility index (Phi) is 5.15. The Morgan fingerprint density at radius 1 is 1.17 bits per heavy atom. The molecule has 1 aromatic carbocycles. The second-order valence-electron chi connectivity index (χ2n) is 7.88. The molecule has 1 aromatic rings. The molecule has 2 heterocycles. The first kappa shape index (κ1) is 20.5. The van der Waals surface area contributed by atoms with Gasteiger partial charge in [0, 0.05) is 0 Å². The second kappa shape index (κ2) is 7.51. The summed E-state index contributed by atoms with van der Waals surface area (Å²) >= 11 is 0. The molecular weight excluding hydrogens is 412 g/mol. The lowest BCUT2D eigenvalue weighted by molar-refractivity contribution is -0.137. The number of hydrogen-bond acceptors (Lipinski definition) is 5. The molecule has 7 nitrogen and oxygen atoms in total. The van der Waals surface area contributed by atoms with Gasteiger partial charge >= 0.3 is 18.4 Å². The summed E-state index contributed by atoms with van der Waals surface area (Å²) in [6.45, 7) is 0.866. The molecule has 3 fully saturated rings. The lowest BCUT2D eigenvalue weighted by Gasteiger charge is -2.45. The maximum absolute atomic E-state index is 13.9. The first-order valence-electron chi connectivity index (χ1n) is 9.57. The summed E-state index contributed by atoms with van der Waals surface area (Å²) in [5.74, 6) is -1.29. The highest BCUT2D eigenvalue weighted by molar-refractivity contribution is 5.74. The molecule has 0 atom stereocenters. The topological polar surface area (TPSA) is 77.1 Å². The third kappa shape index (κ3) is 4.24. The van der Waals surface area contributed by atoms with E-state index in [-0.39, 0.29) is 24.6 Å². The van der Waals surface area contributed by atoms with E-state index in [1.807, 2.05) is 0 Å². The van der Waals surface area contributed by atoms with Gasteiger partial charge in [-0.25, -0.2) is 14.0 Å². The average molecular weight is 432 g/mol. The van der Waals surface area contributed by atoms with Crippen LogP contribution in [0, 0.1) is 5.82 Å². The van der Waals surface area contributed by atoms with Gasteiger partial charge in [0.15, 0.2) is 11.6 Å². The number of carbonyl (C=O) groups excluding carboxylic acids is 2. The SMILES string of the molecule is O=C1NC2(CO1)CN(C(=O)O[C@H]1CC[C@@H](Oc3ccc(C(F)(F)F)cc3F)CC1)C2. The van der Waals surface area contributed by atoms with Crippen molar-refractivity contribution in [3.63, 3.8) is 0 Å². The first-order chi connectivity index (χ1) is 14.1. The predicted molar refractivity (Wildman–Crippen MR) is 93.3 cm³/mol. The largest absolute Gasteiger partial charge is 0.487 e. The fraction of sp³-hybridized carbons (Fsp3) is 0.579. The van der Waals surface area contributed by atoms with Gasteiger partial charge in [-0.05, 0) is 43.9 Å². The number of benzene rings is 1. The third-order valence-corrected chi connectivity index (χ3v) is 5.53. The minimum Gasteiger partial charge on any atom is -0.487 e. The fourth-order valence-corrected chi connectivity index (χ4v) is 3.91. The van der Waals surface area contributed by atoms with Gasteiger partial charge in [0.05, 0.1) is 24.8 Å². The van der Waals surface area contributed by atoms with Gasteiger partial charge in [-0.2, -0.15) is 13.2 Å². The monoisotopic (exact) mass is 432 g/mol. The van der Waals surface area contributed by atoms with Crippen LogP contribution < -0.4 is 10.1 Å². The fourth-order valence-electron chi connectivity index (χ4n) is 3.91. The van der Waals surface area contributed by atoms with Gasteiger partial charge < -0.3 is 24.4 Å². The molecule has 0 bridgehead atoms. The van der Waals surface area contributed by atoms with Gasteiger partial charge in [0.25, 0.3) is 0 Å². The van der Waals surface area contributed by atoms with Crippen LogP contribution in [-0.4, -0.2) is 54.5 Å². The third-order valence-electron chi connectivity index (χ3n) is 5.53. The molecule has 1 aliphatic carbocycles. The zero-order valence-electron chi connectivity index (χ0n) is 15.8. The Morgan fingerprint density at radius 2 is 1.83 bits per heavy atom. The first-order valence-corrected chi connectivity index (χ1v) is 9.57. The second-order valence-corrected chi connectivity index (χ2v) is 7.88. The van der Waals surface area contributed by atoms with E-state index in [9.17, 15) is 27.2 Å². The summed E-state index contributed by atoms with van der Waals surface area (Å²) in [5, 5.41) is 2.68. The summed E-state index contributed by atoms with van der Waals surface area (Å²) in [6, 6.07) is 2.18. The maximum Gasteiger partial charge on any atom is 0.416 e. The molecule has 2 aliphatic heterocycles. The van der Waals surface area contributed by atoms with Gasteiger partial charge in [0.2, 0.25) is 0 Å². The Hall–Kier alpha value is -2.72. The molecule has 0 aromatic heterocycles. The molecule has 3 aliphatic rings. The van der Waals surface area contributed by atoms with Crippen molar-refractivity contribution in [2.24, 2.45) is 0 Å². The number of hydrogen-bond donors (Lipinski definition) is 1. The lowest BCUT2D eigenvalue weighted by atomic mass is 9.92. The highest BCUT2D eigenvalue weighted by Gasteiger charge is 2.52. The molecule has 11 heteroatoms. The quantitative estimate of drug-likeness (QED) is 0.741. The molecular formula is C19H20F4N2O5. The summed E-state index contributed by atoms with van der Waals surface area (Å²) in [5.41, 5.74) is -1.59. The molecule has 1 spiro atoms. The van der Waals surface area contributed by atoms with Gasteiger partial charge in [-0.3, -0.25) is 0 Å². The van der Waals surface area contributed by atoms with Crippen LogP contribution in [0.25, 0.3) is 0 Å². The van der Waals surface area contributed by atoms with Crippen molar-refractivity contribution in [1.29, 1.82) is 0 Å². The number of cyclic esters (lactones) is 1. The zero-order valence-corrected chi connectivity index (χ0v) is 15.8. The van der Waals surface area contributed by atoms with Crippen molar-refractivity contribution in [3.8, 4) is 5.75 Å². The minimum absolute atomic E-state index is 0.221. The van der Waals surface area contributed by atoms with Crippen molar-refractivity contribution >= 4 is 12.2 Å². The molecule has 2 amide bonds. The number of likely N-dealkylation sites (tertiary alicyclic amines) is 1. The lowest BCUT2D eigenvalue weighted by Crippen LogP contribution is -2.70.